The van der Waals surface area contributed by atoms with Crippen LogP contribution in [0.5, 0.6) is 0 Å². The topological polar surface area (TPSA) is 41.1 Å². The van der Waals surface area contributed by atoms with Crippen LogP contribution in [0.3, 0.4) is 0 Å². The van der Waals surface area contributed by atoms with Gasteiger partial charge in [0.25, 0.3) is 0 Å². The summed E-state index contributed by atoms with van der Waals surface area (Å²) in [5, 5.41) is 5.62. The van der Waals surface area contributed by atoms with E-state index in [4.69, 9.17) is 0 Å². The van der Waals surface area contributed by atoms with E-state index in [1.54, 1.807) is 6.20 Å². The van der Waals surface area contributed by atoms with Crippen LogP contribution < -0.4 is 10.6 Å². The van der Waals surface area contributed by atoms with Crippen LogP contribution in [0.2, 0.25) is 0 Å². The first-order valence-electron chi connectivity index (χ1n) is 7.05. The Kier molecular flexibility index (Phi) is 5.01. The van der Waals surface area contributed by atoms with E-state index in [0.717, 1.165) is 11.3 Å². The second-order valence-electron chi connectivity index (χ2n) is 5.17. The van der Waals surface area contributed by atoms with E-state index in [0.29, 0.717) is 5.92 Å². The van der Waals surface area contributed by atoms with E-state index < -0.39 is 0 Å². The van der Waals surface area contributed by atoms with Crippen molar-refractivity contribution in [3.8, 4) is 0 Å². The SMILES string of the molecule is Cc1ccccc1NC(=O)N/C=C/C1CCCCC1. The van der Waals surface area contributed by atoms with Gasteiger partial charge in [0.05, 0.1) is 0 Å². The summed E-state index contributed by atoms with van der Waals surface area (Å²) >= 11 is 0. The molecule has 1 saturated carbocycles. The van der Waals surface area contributed by atoms with E-state index in [1.807, 2.05) is 31.2 Å². The molecule has 0 heterocycles. The lowest BCUT2D eigenvalue weighted by atomic mass is 9.89. The smallest absolute Gasteiger partial charge is 0.315 e. The van der Waals surface area contributed by atoms with Crippen LogP contribution in [0.1, 0.15) is 37.7 Å². The van der Waals surface area contributed by atoms with Gasteiger partial charge >= 0.3 is 6.03 Å². The summed E-state index contributed by atoms with van der Waals surface area (Å²) in [6, 6.07) is 7.58. The molecule has 2 rings (SSSR count). The van der Waals surface area contributed by atoms with E-state index >= 15 is 0 Å². The second-order valence-corrected chi connectivity index (χ2v) is 5.17. The van der Waals surface area contributed by atoms with Gasteiger partial charge in [-0.2, -0.15) is 0 Å². The van der Waals surface area contributed by atoms with Crippen molar-refractivity contribution in [3.63, 3.8) is 0 Å². The molecule has 0 unspecified atom stereocenters. The summed E-state index contributed by atoms with van der Waals surface area (Å²) in [5.41, 5.74) is 1.92. The van der Waals surface area contributed by atoms with E-state index in [9.17, 15) is 4.79 Å². The minimum absolute atomic E-state index is 0.179. The molecule has 1 aromatic rings. The maximum Gasteiger partial charge on any atom is 0.323 e. The Morgan fingerprint density at radius 3 is 2.68 bits per heavy atom. The van der Waals surface area contributed by atoms with Gasteiger partial charge in [0.15, 0.2) is 0 Å². The molecule has 102 valence electrons. The number of carbonyl (C=O) groups excluding carboxylic acids is 1. The van der Waals surface area contributed by atoms with Gasteiger partial charge in [0.2, 0.25) is 0 Å². The molecule has 0 bridgehead atoms. The highest BCUT2D eigenvalue weighted by Crippen LogP contribution is 2.24. The average molecular weight is 258 g/mol. The zero-order chi connectivity index (χ0) is 13.5. The maximum atomic E-state index is 11.7. The number of benzene rings is 1. The number of hydrogen-bond acceptors (Lipinski definition) is 1. The Labute approximate surface area is 115 Å². The predicted octanol–water partition coefficient (Wildman–Crippen LogP) is 4.21. The molecule has 0 saturated heterocycles. The molecule has 1 aliphatic carbocycles. The van der Waals surface area contributed by atoms with Crippen molar-refractivity contribution in [3.05, 3.63) is 42.1 Å². The molecule has 0 aromatic heterocycles. The number of amides is 2. The Hall–Kier alpha value is -1.77. The van der Waals surface area contributed by atoms with Gasteiger partial charge < -0.3 is 10.6 Å². The minimum atomic E-state index is -0.179. The Balaban J connectivity index is 1.78. The van der Waals surface area contributed by atoms with Crippen molar-refractivity contribution in [2.45, 2.75) is 39.0 Å². The first kappa shape index (κ1) is 13.7. The monoisotopic (exact) mass is 258 g/mol. The van der Waals surface area contributed by atoms with E-state index in [1.165, 1.54) is 32.1 Å². The van der Waals surface area contributed by atoms with Gasteiger partial charge in [0.1, 0.15) is 0 Å². The van der Waals surface area contributed by atoms with Crippen LogP contribution in [-0.2, 0) is 0 Å². The van der Waals surface area contributed by atoms with Crippen LogP contribution in [-0.4, -0.2) is 6.03 Å². The van der Waals surface area contributed by atoms with Crippen LogP contribution in [0.15, 0.2) is 36.5 Å². The molecule has 2 N–H and O–H groups in total. The lowest BCUT2D eigenvalue weighted by Gasteiger charge is -2.17. The summed E-state index contributed by atoms with van der Waals surface area (Å²) in [5.74, 6) is 0.632. The largest absolute Gasteiger partial charge is 0.323 e. The maximum absolute atomic E-state index is 11.7. The molecule has 0 aliphatic heterocycles. The zero-order valence-corrected chi connectivity index (χ0v) is 11.5. The number of anilines is 1. The third-order valence-electron chi connectivity index (χ3n) is 3.63. The van der Waals surface area contributed by atoms with Gasteiger partial charge in [0, 0.05) is 11.9 Å². The van der Waals surface area contributed by atoms with Crippen molar-refractivity contribution >= 4 is 11.7 Å². The normalized spacial score (nSPS) is 16.5. The molecule has 2 amide bonds. The number of nitrogens with one attached hydrogen (secondary N) is 2. The molecule has 1 aliphatic rings. The third-order valence-corrected chi connectivity index (χ3v) is 3.63. The number of urea groups is 1. The van der Waals surface area contributed by atoms with Crippen molar-refractivity contribution in [1.82, 2.24) is 5.32 Å². The lowest BCUT2D eigenvalue weighted by molar-refractivity contribution is 0.255. The Morgan fingerprint density at radius 1 is 1.21 bits per heavy atom. The molecular formula is C16H22N2O. The fourth-order valence-corrected chi connectivity index (χ4v) is 2.46. The molecule has 1 aromatic carbocycles. The van der Waals surface area contributed by atoms with Gasteiger partial charge in [-0.3, -0.25) is 0 Å². The number of rotatable bonds is 3. The quantitative estimate of drug-likeness (QED) is 0.837. The molecule has 3 nitrogen and oxygen atoms in total. The summed E-state index contributed by atoms with van der Waals surface area (Å²) < 4.78 is 0. The lowest BCUT2D eigenvalue weighted by Crippen LogP contribution is -2.24. The van der Waals surface area contributed by atoms with Crippen LogP contribution in [0, 0.1) is 12.8 Å². The minimum Gasteiger partial charge on any atom is -0.315 e. The van der Waals surface area contributed by atoms with E-state index in [2.05, 4.69) is 16.7 Å². The van der Waals surface area contributed by atoms with Crippen LogP contribution >= 0.6 is 0 Å². The fourth-order valence-electron chi connectivity index (χ4n) is 2.46. The van der Waals surface area contributed by atoms with Crippen molar-refractivity contribution in [2.75, 3.05) is 5.32 Å². The Morgan fingerprint density at radius 2 is 1.95 bits per heavy atom. The molecule has 0 radical (unpaired) electrons. The highest BCUT2D eigenvalue weighted by Gasteiger charge is 2.09. The first-order valence-corrected chi connectivity index (χ1v) is 7.05. The molecule has 0 atom stereocenters. The molecule has 3 heteroatoms. The van der Waals surface area contributed by atoms with Crippen molar-refractivity contribution < 1.29 is 4.79 Å². The van der Waals surface area contributed by atoms with Crippen LogP contribution in [0.4, 0.5) is 10.5 Å². The summed E-state index contributed by atoms with van der Waals surface area (Å²) in [7, 11) is 0. The Bertz CT molecular complexity index is 448. The van der Waals surface area contributed by atoms with Crippen molar-refractivity contribution in [2.24, 2.45) is 5.92 Å². The van der Waals surface area contributed by atoms with Gasteiger partial charge in [-0.1, -0.05) is 43.5 Å². The number of allylic oxidation sites excluding steroid dienone is 1. The summed E-state index contributed by atoms with van der Waals surface area (Å²) in [4.78, 5) is 11.7. The fraction of sp³-hybridized carbons (Fsp3) is 0.438. The van der Waals surface area contributed by atoms with Crippen LogP contribution in [0.25, 0.3) is 0 Å². The van der Waals surface area contributed by atoms with E-state index in [-0.39, 0.29) is 6.03 Å². The number of carbonyl (C=O) groups is 1. The van der Waals surface area contributed by atoms with Gasteiger partial charge in [-0.15, -0.1) is 0 Å². The summed E-state index contributed by atoms with van der Waals surface area (Å²) in [6.07, 6.45) is 10.4. The van der Waals surface area contributed by atoms with Crippen molar-refractivity contribution in [1.29, 1.82) is 0 Å². The zero-order valence-electron chi connectivity index (χ0n) is 11.5. The molecule has 19 heavy (non-hydrogen) atoms. The highest BCUT2D eigenvalue weighted by atomic mass is 16.2. The predicted molar refractivity (Wildman–Crippen MR) is 79.0 cm³/mol. The molecule has 0 spiro atoms. The molecular weight excluding hydrogens is 236 g/mol. The molecule has 1 fully saturated rings. The second kappa shape index (κ2) is 6.98. The third kappa shape index (κ3) is 4.43. The standard InChI is InChI=1S/C16H22N2O/c1-13-7-5-6-10-15(13)18-16(19)17-12-11-14-8-3-2-4-9-14/h5-7,10-12,14H,2-4,8-9H2,1H3,(H2,17,18,19)/b12-11+. The van der Waals surface area contributed by atoms with Gasteiger partial charge in [-0.25, -0.2) is 4.79 Å². The number of para-hydroxylation sites is 1. The number of aryl methyl sites for hydroxylation is 1. The first-order chi connectivity index (χ1) is 9.25. The number of hydrogen-bond donors (Lipinski definition) is 2. The average Bonchev–Trinajstić information content (AvgIpc) is 2.43. The highest BCUT2D eigenvalue weighted by molar-refractivity contribution is 5.90. The van der Waals surface area contributed by atoms with Gasteiger partial charge in [-0.05, 0) is 37.3 Å². The summed E-state index contributed by atoms with van der Waals surface area (Å²) in [6.45, 7) is 1.98.